The molecule has 0 fully saturated rings. The minimum absolute atomic E-state index is 0.0567. The first-order valence-electron chi connectivity index (χ1n) is 6.34. The summed E-state index contributed by atoms with van der Waals surface area (Å²) in [6, 6.07) is 15.1. The van der Waals surface area contributed by atoms with Gasteiger partial charge in [-0.15, -0.1) is 0 Å². The summed E-state index contributed by atoms with van der Waals surface area (Å²) in [5.74, 6) is -0.186. The van der Waals surface area contributed by atoms with Gasteiger partial charge in [-0.2, -0.15) is 5.48 Å². The second kappa shape index (κ2) is 6.45. The van der Waals surface area contributed by atoms with Crippen LogP contribution in [0.5, 0.6) is 0 Å². The maximum Gasteiger partial charge on any atom is 0.126 e. The topological polar surface area (TPSA) is 21.3 Å². The van der Waals surface area contributed by atoms with E-state index >= 15 is 0 Å². The number of rotatable bonds is 5. The summed E-state index contributed by atoms with van der Waals surface area (Å²) in [6.07, 6.45) is 0. The Morgan fingerprint density at radius 2 is 1.89 bits per heavy atom. The molecule has 2 aromatic carbocycles. The summed E-state index contributed by atoms with van der Waals surface area (Å²) in [5.41, 5.74) is 5.55. The highest BCUT2D eigenvalue weighted by Crippen LogP contribution is 2.16. The number of hydrogen-bond donors (Lipinski definition) is 1. The fraction of sp³-hybridized carbons (Fsp3) is 0.250. The molecule has 0 aromatic heterocycles. The van der Waals surface area contributed by atoms with Crippen LogP contribution in [0.15, 0.2) is 48.5 Å². The minimum atomic E-state index is -0.186. The van der Waals surface area contributed by atoms with Crippen molar-refractivity contribution in [2.24, 2.45) is 0 Å². The molecule has 0 bridgehead atoms. The van der Waals surface area contributed by atoms with Crippen LogP contribution in [0.2, 0.25) is 0 Å². The number of nitrogens with one attached hydrogen (secondary N) is 1. The molecule has 2 rings (SSSR count). The molecular weight excluding hydrogens is 241 g/mol. The summed E-state index contributed by atoms with van der Waals surface area (Å²) in [6.45, 7) is 4.18. The Morgan fingerprint density at radius 3 is 2.58 bits per heavy atom. The lowest BCUT2D eigenvalue weighted by atomic mass is 10.1. The van der Waals surface area contributed by atoms with Crippen LogP contribution in [0, 0.1) is 12.7 Å². The van der Waals surface area contributed by atoms with Gasteiger partial charge in [0.25, 0.3) is 0 Å². The summed E-state index contributed by atoms with van der Waals surface area (Å²) < 4.78 is 13.5. The molecule has 0 spiro atoms. The van der Waals surface area contributed by atoms with E-state index in [4.69, 9.17) is 4.84 Å². The average molecular weight is 259 g/mol. The van der Waals surface area contributed by atoms with Crippen LogP contribution >= 0.6 is 0 Å². The van der Waals surface area contributed by atoms with Crippen LogP contribution in [0.1, 0.15) is 29.7 Å². The van der Waals surface area contributed by atoms with Gasteiger partial charge in [-0.25, -0.2) is 4.39 Å². The Balaban J connectivity index is 1.87. The quantitative estimate of drug-likeness (QED) is 0.822. The van der Waals surface area contributed by atoms with Gasteiger partial charge in [0.05, 0.1) is 12.6 Å². The number of aryl methyl sites for hydroxylation is 1. The highest BCUT2D eigenvalue weighted by Gasteiger charge is 2.07. The van der Waals surface area contributed by atoms with Crippen molar-refractivity contribution in [3.05, 3.63) is 71.0 Å². The average Bonchev–Trinajstić information content (AvgIpc) is 2.43. The number of halogens is 1. The van der Waals surface area contributed by atoms with Crippen LogP contribution in [-0.2, 0) is 11.4 Å². The maximum absolute atomic E-state index is 13.5. The number of benzene rings is 2. The molecule has 19 heavy (non-hydrogen) atoms. The molecule has 1 unspecified atom stereocenters. The monoisotopic (exact) mass is 259 g/mol. The fourth-order valence-electron chi connectivity index (χ4n) is 1.77. The van der Waals surface area contributed by atoms with Crippen molar-refractivity contribution in [2.75, 3.05) is 0 Å². The number of hydrogen-bond acceptors (Lipinski definition) is 2. The molecule has 0 amide bonds. The van der Waals surface area contributed by atoms with E-state index < -0.39 is 0 Å². The lowest BCUT2D eigenvalue weighted by Gasteiger charge is -2.14. The van der Waals surface area contributed by atoms with Gasteiger partial charge in [0, 0.05) is 0 Å². The summed E-state index contributed by atoms with van der Waals surface area (Å²) in [4.78, 5) is 5.43. The van der Waals surface area contributed by atoms with Crippen LogP contribution < -0.4 is 5.48 Å². The van der Waals surface area contributed by atoms with E-state index in [-0.39, 0.29) is 11.9 Å². The van der Waals surface area contributed by atoms with Gasteiger partial charge < -0.3 is 0 Å². The SMILES string of the molecule is Cc1ccc(C(C)NOCc2ccccc2)cc1F. The lowest BCUT2D eigenvalue weighted by molar-refractivity contribution is 0.00693. The Morgan fingerprint density at radius 1 is 1.16 bits per heavy atom. The molecule has 0 saturated heterocycles. The first-order valence-corrected chi connectivity index (χ1v) is 6.34. The van der Waals surface area contributed by atoms with Crippen LogP contribution in [-0.4, -0.2) is 0 Å². The molecular formula is C16H18FNO. The third-order valence-corrected chi connectivity index (χ3v) is 3.04. The van der Waals surface area contributed by atoms with E-state index in [1.165, 1.54) is 0 Å². The standard InChI is InChI=1S/C16H18FNO/c1-12-8-9-15(10-16(12)17)13(2)18-19-11-14-6-4-3-5-7-14/h3-10,13,18H,11H2,1-2H3. The molecule has 3 heteroatoms. The second-order valence-corrected chi connectivity index (χ2v) is 4.62. The van der Waals surface area contributed by atoms with E-state index in [9.17, 15) is 4.39 Å². The van der Waals surface area contributed by atoms with Gasteiger partial charge in [-0.1, -0.05) is 42.5 Å². The zero-order valence-corrected chi connectivity index (χ0v) is 11.2. The minimum Gasteiger partial charge on any atom is -0.296 e. The van der Waals surface area contributed by atoms with Crippen molar-refractivity contribution < 1.29 is 9.23 Å². The number of hydroxylamine groups is 1. The molecule has 2 nitrogen and oxygen atoms in total. The highest BCUT2D eigenvalue weighted by atomic mass is 19.1. The van der Waals surface area contributed by atoms with Gasteiger partial charge in [-0.05, 0) is 36.6 Å². The van der Waals surface area contributed by atoms with Crippen molar-refractivity contribution >= 4 is 0 Å². The molecule has 0 saturated carbocycles. The fourth-order valence-corrected chi connectivity index (χ4v) is 1.77. The van der Waals surface area contributed by atoms with Crippen molar-refractivity contribution in [2.45, 2.75) is 26.5 Å². The Kier molecular flexibility index (Phi) is 4.66. The predicted molar refractivity (Wildman–Crippen MR) is 73.9 cm³/mol. The normalized spacial score (nSPS) is 12.4. The third-order valence-electron chi connectivity index (χ3n) is 3.04. The van der Waals surface area contributed by atoms with Crippen molar-refractivity contribution in [1.29, 1.82) is 0 Å². The van der Waals surface area contributed by atoms with Gasteiger partial charge in [0.1, 0.15) is 5.82 Å². The molecule has 0 aliphatic heterocycles. The predicted octanol–water partition coefficient (Wildman–Crippen LogP) is 3.92. The van der Waals surface area contributed by atoms with Crippen molar-refractivity contribution in [3.63, 3.8) is 0 Å². The van der Waals surface area contributed by atoms with Gasteiger partial charge in [-0.3, -0.25) is 4.84 Å². The Labute approximate surface area is 113 Å². The second-order valence-electron chi connectivity index (χ2n) is 4.62. The molecule has 0 heterocycles. The van der Waals surface area contributed by atoms with E-state index in [1.54, 1.807) is 19.1 Å². The van der Waals surface area contributed by atoms with Crippen LogP contribution in [0.3, 0.4) is 0 Å². The van der Waals surface area contributed by atoms with E-state index in [0.717, 1.165) is 11.1 Å². The first kappa shape index (κ1) is 13.7. The zero-order chi connectivity index (χ0) is 13.7. The van der Waals surface area contributed by atoms with Crippen molar-refractivity contribution in [3.8, 4) is 0 Å². The van der Waals surface area contributed by atoms with Crippen molar-refractivity contribution in [1.82, 2.24) is 5.48 Å². The molecule has 0 radical (unpaired) electrons. The molecule has 1 atom stereocenters. The van der Waals surface area contributed by atoms with Crippen LogP contribution in [0.25, 0.3) is 0 Å². The smallest absolute Gasteiger partial charge is 0.126 e. The molecule has 100 valence electrons. The van der Waals surface area contributed by atoms with E-state index in [0.29, 0.717) is 12.2 Å². The summed E-state index contributed by atoms with van der Waals surface area (Å²) in [7, 11) is 0. The molecule has 2 aromatic rings. The highest BCUT2D eigenvalue weighted by molar-refractivity contribution is 5.25. The Bertz CT molecular complexity index is 528. The zero-order valence-electron chi connectivity index (χ0n) is 11.2. The molecule has 0 aliphatic rings. The van der Waals surface area contributed by atoms with E-state index in [1.807, 2.05) is 43.3 Å². The van der Waals surface area contributed by atoms with E-state index in [2.05, 4.69) is 5.48 Å². The largest absolute Gasteiger partial charge is 0.296 e. The molecule has 0 aliphatic carbocycles. The first-order chi connectivity index (χ1) is 9.16. The van der Waals surface area contributed by atoms with Gasteiger partial charge in [0.2, 0.25) is 0 Å². The van der Waals surface area contributed by atoms with Gasteiger partial charge >= 0.3 is 0 Å². The summed E-state index contributed by atoms with van der Waals surface area (Å²) in [5, 5.41) is 0. The lowest BCUT2D eigenvalue weighted by Crippen LogP contribution is -2.19. The van der Waals surface area contributed by atoms with Gasteiger partial charge in [0.15, 0.2) is 0 Å². The molecule has 1 N–H and O–H groups in total. The summed E-state index contributed by atoms with van der Waals surface area (Å²) >= 11 is 0. The Hall–Kier alpha value is -1.71. The maximum atomic E-state index is 13.5. The third kappa shape index (κ3) is 3.88. The van der Waals surface area contributed by atoms with Crippen LogP contribution in [0.4, 0.5) is 4.39 Å².